The van der Waals surface area contributed by atoms with Crippen molar-refractivity contribution in [1.29, 1.82) is 0 Å². The van der Waals surface area contributed by atoms with Gasteiger partial charge in [0.15, 0.2) is 0 Å². The molecule has 1 fully saturated rings. The Morgan fingerprint density at radius 2 is 2.07 bits per heavy atom. The van der Waals surface area contributed by atoms with Crippen molar-refractivity contribution >= 4 is 29.0 Å². The fraction of sp³-hybridized carbons (Fsp3) is 0.417. The van der Waals surface area contributed by atoms with Gasteiger partial charge in [-0.3, -0.25) is 4.79 Å². The van der Waals surface area contributed by atoms with E-state index in [0.29, 0.717) is 22.2 Å². The number of hydrogen-bond donors (Lipinski definition) is 0. The molecule has 0 radical (unpaired) electrons. The molecule has 1 aliphatic carbocycles. The molecule has 0 N–H and O–H groups in total. The van der Waals surface area contributed by atoms with Gasteiger partial charge in [-0.1, -0.05) is 29.6 Å². The molecular weight excluding hydrogens is 231 g/mol. The summed E-state index contributed by atoms with van der Waals surface area (Å²) in [6, 6.07) is 5.26. The first-order valence-corrected chi connectivity index (χ1v) is 5.89. The van der Waals surface area contributed by atoms with Crippen LogP contribution in [0.4, 0.5) is 0 Å². The summed E-state index contributed by atoms with van der Waals surface area (Å²) in [5.74, 6) is 0.561. The smallest absolute Gasteiger partial charge is 0.140 e. The van der Waals surface area contributed by atoms with Gasteiger partial charge in [-0.05, 0) is 36.6 Å². The fourth-order valence-electron chi connectivity index (χ4n) is 1.74. The molecule has 2 rings (SSSR count). The highest BCUT2D eigenvalue weighted by molar-refractivity contribution is 6.33. The van der Waals surface area contributed by atoms with Crippen LogP contribution in [0.25, 0.3) is 0 Å². The van der Waals surface area contributed by atoms with Gasteiger partial charge in [-0.25, -0.2) is 0 Å². The normalized spacial score (nSPS) is 16.1. The van der Waals surface area contributed by atoms with Crippen molar-refractivity contribution < 1.29 is 4.79 Å². The number of rotatable bonds is 3. The Bertz CT molecular complexity index is 383. The second-order valence-electron chi connectivity index (χ2n) is 4.01. The number of halogens is 2. The zero-order valence-corrected chi connectivity index (χ0v) is 9.81. The maximum absolute atomic E-state index is 11.8. The molecule has 0 spiro atoms. The number of Topliss-reactive ketones (excluding diaryl/α,β-unsaturated/α-hetero) is 1. The second kappa shape index (κ2) is 4.54. The molecule has 0 saturated heterocycles. The van der Waals surface area contributed by atoms with Gasteiger partial charge in [-0.15, -0.1) is 0 Å². The number of carbonyl (C=O) groups is 1. The van der Waals surface area contributed by atoms with Gasteiger partial charge in [0.1, 0.15) is 5.78 Å². The first kappa shape index (κ1) is 11.0. The summed E-state index contributed by atoms with van der Waals surface area (Å²) in [7, 11) is 0. The molecular formula is C12H12Cl2O. The largest absolute Gasteiger partial charge is 0.299 e. The van der Waals surface area contributed by atoms with E-state index in [-0.39, 0.29) is 5.92 Å². The Kier molecular flexibility index (Phi) is 3.32. The van der Waals surface area contributed by atoms with E-state index in [1.807, 2.05) is 0 Å². The molecule has 3 heteroatoms. The lowest BCUT2D eigenvalue weighted by molar-refractivity contribution is -0.124. The topological polar surface area (TPSA) is 17.1 Å². The molecule has 0 amide bonds. The van der Waals surface area contributed by atoms with E-state index in [2.05, 4.69) is 0 Å². The van der Waals surface area contributed by atoms with E-state index in [4.69, 9.17) is 23.2 Å². The van der Waals surface area contributed by atoms with Crippen LogP contribution in [0, 0.1) is 5.92 Å². The Balaban J connectivity index is 2.09. The van der Waals surface area contributed by atoms with Crippen molar-refractivity contribution in [3.63, 3.8) is 0 Å². The molecule has 0 aliphatic heterocycles. The highest BCUT2D eigenvalue weighted by Crippen LogP contribution is 2.30. The van der Waals surface area contributed by atoms with Crippen LogP contribution in [0.2, 0.25) is 10.0 Å². The highest BCUT2D eigenvalue weighted by atomic mass is 35.5. The predicted molar refractivity (Wildman–Crippen MR) is 62.5 cm³/mol. The van der Waals surface area contributed by atoms with Crippen LogP contribution in [-0.4, -0.2) is 5.78 Å². The average Bonchev–Trinajstić information content (AvgIpc) is 2.08. The van der Waals surface area contributed by atoms with Crippen molar-refractivity contribution in [2.45, 2.75) is 25.7 Å². The molecule has 15 heavy (non-hydrogen) atoms. The lowest BCUT2D eigenvalue weighted by Gasteiger charge is -2.23. The van der Waals surface area contributed by atoms with Crippen LogP contribution in [0.15, 0.2) is 18.2 Å². The van der Waals surface area contributed by atoms with Crippen molar-refractivity contribution in [2.24, 2.45) is 5.92 Å². The third kappa shape index (κ3) is 2.53. The third-order valence-corrected chi connectivity index (χ3v) is 3.54. The minimum atomic E-state index is 0.264. The molecule has 1 aliphatic rings. The van der Waals surface area contributed by atoms with E-state index in [1.165, 1.54) is 6.42 Å². The molecule has 0 bridgehead atoms. The Morgan fingerprint density at radius 3 is 2.67 bits per heavy atom. The van der Waals surface area contributed by atoms with Crippen LogP contribution >= 0.6 is 23.2 Å². The molecule has 1 aromatic rings. The zero-order valence-electron chi connectivity index (χ0n) is 8.30. The summed E-state index contributed by atoms with van der Waals surface area (Å²) in [6.07, 6.45) is 3.68. The maximum Gasteiger partial charge on any atom is 0.140 e. The van der Waals surface area contributed by atoms with Gasteiger partial charge in [0.2, 0.25) is 0 Å². The number of carbonyl (C=O) groups excluding carboxylic acids is 1. The van der Waals surface area contributed by atoms with E-state index in [9.17, 15) is 4.79 Å². The Hall–Kier alpha value is -0.530. The monoisotopic (exact) mass is 242 g/mol. The van der Waals surface area contributed by atoms with Gasteiger partial charge >= 0.3 is 0 Å². The van der Waals surface area contributed by atoms with Gasteiger partial charge < -0.3 is 0 Å². The maximum atomic E-state index is 11.8. The van der Waals surface area contributed by atoms with Gasteiger partial charge in [-0.2, -0.15) is 0 Å². The highest BCUT2D eigenvalue weighted by Gasteiger charge is 2.25. The summed E-state index contributed by atoms with van der Waals surface area (Å²) in [4.78, 5) is 11.8. The number of benzene rings is 1. The number of hydrogen-bond acceptors (Lipinski definition) is 1. The van der Waals surface area contributed by atoms with E-state index in [0.717, 1.165) is 18.4 Å². The Morgan fingerprint density at radius 1 is 1.33 bits per heavy atom. The molecule has 0 atom stereocenters. The molecule has 0 unspecified atom stereocenters. The molecule has 1 saturated carbocycles. The van der Waals surface area contributed by atoms with Crippen LogP contribution < -0.4 is 0 Å². The van der Waals surface area contributed by atoms with E-state index < -0.39 is 0 Å². The molecule has 0 aromatic heterocycles. The first-order chi connectivity index (χ1) is 7.16. The molecule has 1 aromatic carbocycles. The lowest BCUT2D eigenvalue weighted by atomic mass is 9.80. The van der Waals surface area contributed by atoms with Crippen LogP contribution in [0.1, 0.15) is 24.8 Å². The molecule has 1 nitrogen and oxygen atoms in total. The summed E-state index contributed by atoms with van der Waals surface area (Å²) in [5.41, 5.74) is 0.848. The number of ketones is 1. The minimum absolute atomic E-state index is 0.264. The molecule has 0 heterocycles. The van der Waals surface area contributed by atoms with Crippen molar-refractivity contribution in [1.82, 2.24) is 0 Å². The van der Waals surface area contributed by atoms with Crippen molar-refractivity contribution in [3.8, 4) is 0 Å². The standard InChI is InChI=1S/C12H12Cl2O/c13-10-4-5-11(14)9(6-10)7-12(15)8-2-1-3-8/h4-6,8H,1-3,7H2. The SMILES string of the molecule is O=C(Cc1cc(Cl)ccc1Cl)C1CCC1. The van der Waals surface area contributed by atoms with Crippen LogP contribution in [-0.2, 0) is 11.2 Å². The van der Waals surface area contributed by atoms with Crippen LogP contribution in [0.3, 0.4) is 0 Å². The summed E-state index contributed by atoms with van der Waals surface area (Å²) in [5, 5.41) is 1.27. The minimum Gasteiger partial charge on any atom is -0.299 e. The summed E-state index contributed by atoms with van der Waals surface area (Å²) in [6.45, 7) is 0. The van der Waals surface area contributed by atoms with Gasteiger partial charge in [0, 0.05) is 22.4 Å². The molecule has 80 valence electrons. The second-order valence-corrected chi connectivity index (χ2v) is 4.85. The van der Waals surface area contributed by atoms with E-state index >= 15 is 0 Å². The lowest BCUT2D eigenvalue weighted by Crippen LogP contribution is -2.23. The van der Waals surface area contributed by atoms with Crippen molar-refractivity contribution in [3.05, 3.63) is 33.8 Å². The fourth-order valence-corrected chi connectivity index (χ4v) is 2.12. The predicted octanol–water partition coefficient (Wildman–Crippen LogP) is 3.91. The van der Waals surface area contributed by atoms with E-state index in [1.54, 1.807) is 18.2 Å². The quantitative estimate of drug-likeness (QED) is 0.786. The van der Waals surface area contributed by atoms with Crippen LogP contribution in [0.5, 0.6) is 0 Å². The average molecular weight is 243 g/mol. The van der Waals surface area contributed by atoms with Crippen molar-refractivity contribution in [2.75, 3.05) is 0 Å². The summed E-state index contributed by atoms with van der Waals surface area (Å²) < 4.78 is 0. The van der Waals surface area contributed by atoms with Gasteiger partial charge in [0.25, 0.3) is 0 Å². The third-order valence-electron chi connectivity index (χ3n) is 2.93. The first-order valence-electron chi connectivity index (χ1n) is 5.13. The van der Waals surface area contributed by atoms with Gasteiger partial charge in [0.05, 0.1) is 0 Å². The Labute approximate surface area is 99.4 Å². The summed E-state index contributed by atoms with van der Waals surface area (Å²) >= 11 is 11.9. The zero-order chi connectivity index (χ0) is 10.8.